The van der Waals surface area contributed by atoms with E-state index in [0.29, 0.717) is 34.6 Å². The highest BCUT2D eigenvalue weighted by molar-refractivity contribution is 6.31. The lowest BCUT2D eigenvalue weighted by molar-refractivity contribution is -0.116. The Labute approximate surface area is 195 Å². The molecule has 1 amide bonds. The molecule has 1 atom stereocenters. The van der Waals surface area contributed by atoms with E-state index in [-0.39, 0.29) is 17.9 Å². The second-order valence-corrected chi connectivity index (χ2v) is 8.20. The van der Waals surface area contributed by atoms with Crippen molar-refractivity contribution in [2.45, 2.75) is 18.9 Å². The summed E-state index contributed by atoms with van der Waals surface area (Å²) in [7, 11) is 0. The molecule has 0 spiro atoms. The quantitative estimate of drug-likeness (QED) is 0.434. The molecule has 3 aromatic carbocycles. The zero-order valence-corrected chi connectivity index (χ0v) is 18.3. The molecule has 33 heavy (non-hydrogen) atoms. The van der Waals surface area contributed by atoms with Crippen LogP contribution in [0.3, 0.4) is 0 Å². The average molecular weight is 458 g/mol. The Hall–Kier alpha value is -3.90. The first-order valence-electron chi connectivity index (χ1n) is 10.5. The van der Waals surface area contributed by atoms with Crippen molar-refractivity contribution in [2.75, 3.05) is 5.32 Å². The molecule has 7 heteroatoms. The van der Waals surface area contributed by atoms with E-state index in [1.165, 1.54) is 0 Å². The van der Waals surface area contributed by atoms with Gasteiger partial charge in [0.25, 0.3) is 5.56 Å². The Kier molecular flexibility index (Phi) is 5.67. The lowest BCUT2D eigenvalue weighted by Gasteiger charge is -2.24. The van der Waals surface area contributed by atoms with Crippen molar-refractivity contribution >= 4 is 23.3 Å². The minimum absolute atomic E-state index is 0.169. The molecule has 1 aromatic heterocycles. The Balaban J connectivity index is 1.42. The monoisotopic (exact) mass is 457 g/mol. The van der Waals surface area contributed by atoms with Crippen LogP contribution >= 0.6 is 11.6 Å². The number of H-pyrrole nitrogens is 1. The first-order chi connectivity index (χ1) is 16.1. The van der Waals surface area contributed by atoms with Crippen molar-refractivity contribution in [1.29, 1.82) is 0 Å². The molecule has 0 radical (unpaired) electrons. The molecule has 0 bridgehead atoms. The summed E-state index contributed by atoms with van der Waals surface area (Å²) in [6.45, 7) is 0.347. The number of hydrogen-bond acceptors (Lipinski definition) is 4. The van der Waals surface area contributed by atoms with E-state index >= 15 is 0 Å². The van der Waals surface area contributed by atoms with Gasteiger partial charge in [0.2, 0.25) is 5.91 Å². The van der Waals surface area contributed by atoms with Crippen molar-refractivity contribution in [3.05, 3.63) is 111 Å². The van der Waals surface area contributed by atoms with E-state index in [1.54, 1.807) is 0 Å². The molecular formula is C26H20ClN3O3. The third-order valence-corrected chi connectivity index (χ3v) is 6.00. The maximum absolute atomic E-state index is 13.0. The molecule has 1 aliphatic heterocycles. The first kappa shape index (κ1) is 21.0. The van der Waals surface area contributed by atoms with Crippen molar-refractivity contribution < 1.29 is 9.53 Å². The van der Waals surface area contributed by atoms with Gasteiger partial charge < -0.3 is 15.0 Å². The minimum Gasteiger partial charge on any atom is -0.489 e. The Morgan fingerprint density at radius 2 is 1.67 bits per heavy atom. The maximum Gasteiger partial charge on any atom is 0.257 e. The Bertz CT molecular complexity index is 1370. The van der Waals surface area contributed by atoms with Gasteiger partial charge in [-0.05, 0) is 23.8 Å². The van der Waals surface area contributed by atoms with Crippen molar-refractivity contribution in [1.82, 2.24) is 9.97 Å². The number of nitrogens with one attached hydrogen (secondary N) is 2. The van der Waals surface area contributed by atoms with Crippen molar-refractivity contribution in [2.24, 2.45) is 0 Å². The van der Waals surface area contributed by atoms with Gasteiger partial charge in [-0.3, -0.25) is 9.59 Å². The largest absolute Gasteiger partial charge is 0.489 e. The molecule has 0 saturated carbocycles. The third kappa shape index (κ3) is 4.38. The van der Waals surface area contributed by atoms with Crippen molar-refractivity contribution in [3.8, 4) is 17.1 Å². The van der Waals surface area contributed by atoms with E-state index in [0.717, 1.165) is 16.7 Å². The van der Waals surface area contributed by atoms with Gasteiger partial charge in [-0.1, -0.05) is 72.3 Å². The lowest BCUT2D eigenvalue weighted by atomic mass is 9.87. The number of aromatic amines is 1. The van der Waals surface area contributed by atoms with Crippen LogP contribution in [0.4, 0.5) is 5.82 Å². The number of nitrogens with zero attached hydrogens (tertiary/aromatic N) is 1. The summed E-state index contributed by atoms with van der Waals surface area (Å²) in [4.78, 5) is 32.8. The molecule has 2 heterocycles. The predicted molar refractivity (Wildman–Crippen MR) is 128 cm³/mol. The molecule has 6 nitrogen and oxygen atoms in total. The van der Waals surface area contributed by atoms with Crippen LogP contribution in [0.2, 0.25) is 5.02 Å². The van der Waals surface area contributed by atoms with Crippen LogP contribution in [0.15, 0.2) is 83.7 Å². The van der Waals surface area contributed by atoms with Gasteiger partial charge in [0.05, 0.1) is 5.56 Å². The number of fused-ring (bicyclic) bond motifs is 1. The van der Waals surface area contributed by atoms with E-state index in [2.05, 4.69) is 15.3 Å². The molecule has 2 N–H and O–H groups in total. The summed E-state index contributed by atoms with van der Waals surface area (Å²) < 4.78 is 5.85. The van der Waals surface area contributed by atoms with Gasteiger partial charge in [0.15, 0.2) is 0 Å². The van der Waals surface area contributed by atoms with Gasteiger partial charge in [0.1, 0.15) is 24.0 Å². The summed E-state index contributed by atoms with van der Waals surface area (Å²) in [6.07, 6.45) is 0.169. The maximum atomic E-state index is 13.0. The fourth-order valence-electron chi connectivity index (χ4n) is 3.96. The number of carbonyl (C=O) groups excluding carboxylic acids is 1. The Morgan fingerprint density at radius 3 is 2.42 bits per heavy atom. The molecule has 1 aliphatic rings. The topological polar surface area (TPSA) is 84.1 Å². The summed E-state index contributed by atoms with van der Waals surface area (Å²) in [5.74, 6) is 0.822. The van der Waals surface area contributed by atoms with Crippen molar-refractivity contribution in [3.63, 3.8) is 0 Å². The third-order valence-electron chi connectivity index (χ3n) is 5.63. The highest BCUT2D eigenvalue weighted by Crippen LogP contribution is 2.35. The number of aromatic nitrogens is 2. The SMILES string of the molecule is O=C1CC(c2ccc(OCc3ccccc3Cl)cc2)c2c(nc(-c3ccccc3)[nH]c2=O)N1. The van der Waals surface area contributed by atoms with E-state index in [9.17, 15) is 9.59 Å². The van der Waals surface area contributed by atoms with Gasteiger partial charge in [0, 0.05) is 28.5 Å². The molecule has 0 fully saturated rings. The zero-order valence-electron chi connectivity index (χ0n) is 17.5. The molecule has 1 unspecified atom stereocenters. The smallest absolute Gasteiger partial charge is 0.257 e. The number of rotatable bonds is 5. The van der Waals surface area contributed by atoms with Crippen LogP contribution in [-0.4, -0.2) is 15.9 Å². The van der Waals surface area contributed by atoms with Crippen LogP contribution in [0.5, 0.6) is 5.75 Å². The number of halogens is 1. The fourth-order valence-corrected chi connectivity index (χ4v) is 4.15. The molecule has 4 aromatic rings. The number of benzene rings is 3. The van der Waals surface area contributed by atoms with Gasteiger partial charge >= 0.3 is 0 Å². The van der Waals surface area contributed by atoms with Crippen LogP contribution in [0, 0.1) is 0 Å². The Morgan fingerprint density at radius 1 is 0.939 bits per heavy atom. The molecule has 164 valence electrons. The standard InChI is InChI=1S/C26H20ClN3O3/c27-21-9-5-4-8-18(21)15-33-19-12-10-16(11-13-19)20-14-22(31)28-25-23(20)26(32)30-24(29-25)17-6-2-1-3-7-17/h1-13,20H,14-15H2,(H2,28,29,30,31,32). The number of hydrogen-bond donors (Lipinski definition) is 2. The van der Waals surface area contributed by atoms with Gasteiger partial charge in [-0.15, -0.1) is 0 Å². The zero-order chi connectivity index (χ0) is 22.8. The second-order valence-electron chi connectivity index (χ2n) is 7.80. The predicted octanol–water partition coefficient (Wildman–Crippen LogP) is 5.14. The van der Waals surface area contributed by atoms with Gasteiger partial charge in [-0.25, -0.2) is 4.98 Å². The van der Waals surface area contributed by atoms with Crippen LogP contribution in [-0.2, 0) is 11.4 Å². The minimum atomic E-state index is -0.396. The summed E-state index contributed by atoms with van der Waals surface area (Å²) in [5, 5.41) is 3.41. The van der Waals surface area contributed by atoms with E-state index in [4.69, 9.17) is 16.3 Å². The van der Waals surface area contributed by atoms with Crippen LogP contribution in [0.25, 0.3) is 11.4 Å². The van der Waals surface area contributed by atoms with Crippen LogP contribution in [0.1, 0.15) is 29.0 Å². The number of carbonyl (C=O) groups is 1. The summed E-state index contributed by atoms with van der Waals surface area (Å²) in [5.41, 5.74) is 2.71. The van der Waals surface area contributed by atoms with E-state index in [1.807, 2.05) is 78.9 Å². The molecule has 0 aliphatic carbocycles. The molecule has 0 saturated heterocycles. The van der Waals surface area contributed by atoms with Gasteiger partial charge in [-0.2, -0.15) is 0 Å². The lowest BCUT2D eigenvalue weighted by Crippen LogP contribution is -2.31. The molecular weight excluding hydrogens is 438 g/mol. The molecule has 5 rings (SSSR count). The highest BCUT2D eigenvalue weighted by atomic mass is 35.5. The van der Waals surface area contributed by atoms with Crippen LogP contribution < -0.4 is 15.6 Å². The summed E-state index contributed by atoms with van der Waals surface area (Å²) in [6, 6.07) is 24.3. The second kappa shape index (κ2) is 8.92. The normalized spacial score (nSPS) is 14.9. The summed E-state index contributed by atoms with van der Waals surface area (Å²) >= 11 is 6.19. The number of ether oxygens (including phenoxy) is 1. The first-order valence-corrected chi connectivity index (χ1v) is 10.9. The highest BCUT2D eigenvalue weighted by Gasteiger charge is 2.31. The fraction of sp³-hybridized carbons (Fsp3) is 0.115. The van der Waals surface area contributed by atoms with E-state index < -0.39 is 5.92 Å². The number of anilines is 1. The average Bonchev–Trinajstić information content (AvgIpc) is 2.83. The number of amides is 1.